The molecule has 2 amide bonds. The van der Waals surface area contributed by atoms with Crippen molar-refractivity contribution >= 4 is 27.7 Å². The van der Waals surface area contributed by atoms with Crippen molar-refractivity contribution in [1.82, 2.24) is 10.2 Å². The second-order valence-corrected chi connectivity index (χ2v) is 9.63. The van der Waals surface area contributed by atoms with Crippen LogP contribution in [-0.4, -0.2) is 35.4 Å². The first-order chi connectivity index (χ1) is 15.2. The average molecular weight is 501 g/mol. The minimum atomic E-state index is -0.583. The lowest BCUT2D eigenvalue weighted by Crippen LogP contribution is -2.50. The molecular weight excluding hydrogens is 468 g/mol. The molecule has 32 heavy (non-hydrogen) atoms. The average Bonchev–Trinajstić information content (AvgIpc) is 3.26. The quantitative estimate of drug-likeness (QED) is 0.539. The van der Waals surface area contributed by atoms with Crippen molar-refractivity contribution in [2.45, 2.75) is 72.0 Å². The van der Waals surface area contributed by atoms with Crippen LogP contribution in [-0.2, 0) is 16.1 Å². The van der Waals surface area contributed by atoms with Crippen LogP contribution >= 0.6 is 15.9 Å². The summed E-state index contributed by atoms with van der Waals surface area (Å²) in [5.74, 6) is 0.335. The summed E-state index contributed by atoms with van der Waals surface area (Å²) in [5, 5.41) is 3.13. The van der Waals surface area contributed by atoms with Crippen LogP contribution in [0.1, 0.15) is 54.9 Å². The number of halogens is 1. The van der Waals surface area contributed by atoms with Crippen LogP contribution in [0, 0.1) is 20.8 Å². The molecule has 2 aromatic rings. The number of amides is 2. The van der Waals surface area contributed by atoms with Gasteiger partial charge in [-0.2, -0.15) is 0 Å². The minimum Gasteiger partial charge on any atom is -0.484 e. The van der Waals surface area contributed by atoms with Crippen molar-refractivity contribution in [3.8, 4) is 5.75 Å². The lowest BCUT2D eigenvalue weighted by atomic mass is 10.1. The van der Waals surface area contributed by atoms with Gasteiger partial charge in [0.25, 0.3) is 5.91 Å². The molecule has 0 heterocycles. The summed E-state index contributed by atoms with van der Waals surface area (Å²) < 4.78 is 6.88. The molecule has 1 aliphatic carbocycles. The number of benzene rings is 2. The van der Waals surface area contributed by atoms with Gasteiger partial charge in [-0.25, -0.2) is 0 Å². The van der Waals surface area contributed by atoms with E-state index in [1.807, 2.05) is 57.2 Å². The van der Waals surface area contributed by atoms with Crippen LogP contribution in [0.5, 0.6) is 5.75 Å². The third kappa shape index (κ3) is 6.35. The fourth-order valence-electron chi connectivity index (χ4n) is 4.20. The number of hydrogen-bond acceptors (Lipinski definition) is 3. The van der Waals surface area contributed by atoms with E-state index in [2.05, 4.69) is 21.2 Å². The smallest absolute Gasteiger partial charge is 0.261 e. The maximum atomic E-state index is 13.2. The highest BCUT2D eigenvalue weighted by Gasteiger charge is 2.28. The number of aryl methyl sites for hydroxylation is 3. The summed E-state index contributed by atoms with van der Waals surface area (Å²) >= 11 is 3.55. The summed E-state index contributed by atoms with van der Waals surface area (Å²) in [4.78, 5) is 27.8. The van der Waals surface area contributed by atoms with Crippen LogP contribution in [0.2, 0.25) is 0 Å². The second-order valence-electron chi connectivity index (χ2n) is 8.84. The number of carbonyl (C=O) groups excluding carboxylic acids is 2. The van der Waals surface area contributed by atoms with Crippen molar-refractivity contribution < 1.29 is 14.3 Å². The number of rotatable bonds is 8. The number of nitrogens with zero attached hydrogens (tertiary/aromatic N) is 1. The second kappa shape index (κ2) is 11.0. The Morgan fingerprint density at radius 2 is 1.78 bits per heavy atom. The molecule has 6 heteroatoms. The van der Waals surface area contributed by atoms with E-state index in [-0.39, 0.29) is 24.5 Å². The summed E-state index contributed by atoms with van der Waals surface area (Å²) in [6.07, 6.45) is 4.31. The number of ether oxygens (including phenoxy) is 1. The Morgan fingerprint density at radius 3 is 2.41 bits per heavy atom. The van der Waals surface area contributed by atoms with E-state index in [4.69, 9.17) is 4.74 Å². The molecule has 1 unspecified atom stereocenters. The lowest BCUT2D eigenvalue weighted by molar-refractivity contribution is -0.142. The van der Waals surface area contributed by atoms with Gasteiger partial charge in [0.2, 0.25) is 5.91 Å². The van der Waals surface area contributed by atoms with E-state index in [1.54, 1.807) is 11.8 Å². The van der Waals surface area contributed by atoms with Crippen LogP contribution in [0.3, 0.4) is 0 Å². The van der Waals surface area contributed by atoms with Crippen LogP contribution in [0.15, 0.2) is 40.9 Å². The van der Waals surface area contributed by atoms with Gasteiger partial charge in [-0.05, 0) is 69.4 Å². The first-order valence-electron chi connectivity index (χ1n) is 11.3. The third-order valence-corrected chi connectivity index (χ3v) is 7.33. The van der Waals surface area contributed by atoms with Gasteiger partial charge >= 0.3 is 0 Å². The van der Waals surface area contributed by atoms with Gasteiger partial charge in [0.15, 0.2) is 6.61 Å². The monoisotopic (exact) mass is 500 g/mol. The van der Waals surface area contributed by atoms with E-state index >= 15 is 0 Å². The maximum Gasteiger partial charge on any atom is 0.261 e. The third-order valence-electron chi connectivity index (χ3n) is 6.08. The van der Waals surface area contributed by atoms with Crippen LogP contribution in [0.25, 0.3) is 0 Å². The Bertz CT molecular complexity index is 946. The summed E-state index contributed by atoms with van der Waals surface area (Å²) in [6.45, 7) is 8.05. The molecule has 1 atom stereocenters. The molecule has 5 nitrogen and oxygen atoms in total. The Morgan fingerprint density at radius 1 is 1.12 bits per heavy atom. The fourth-order valence-corrected chi connectivity index (χ4v) is 4.43. The van der Waals surface area contributed by atoms with E-state index in [0.29, 0.717) is 12.3 Å². The molecule has 172 valence electrons. The summed E-state index contributed by atoms with van der Waals surface area (Å²) in [7, 11) is 0. The highest BCUT2D eigenvalue weighted by molar-refractivity contribution is 9.10. The van der Waals surface area contributed by atoms with E-state index in [1.165, 1.54) is 0 Å². The van der Waals surface area contributed by atoms with Gasteiger partial charge in [-0.1, -0.05) is 58.6 Å². The van der Waals surface area contributed by atoms with Crippen LogP contribution < -0.4 is 10.1 Å². The van der Waals surface area contributed by atoms with Gasteiger partial charge in [-0.15, -0.1) is 0 Å². The molecule has 3 rings (SSSR count). The zero-order valence-electron chi connectivity index (χ0n) is 19.4. The van der Waals surface area contributed by atoms with Crippen LogP contribution in [0.4, 0.5) is 0 Å². The normalized spacial score (nSPS) is 14.8. The van der Waals surface area contributed by atoms with Crippen molar-refractivity contribution in [2.24, 2.45) is 0 Å². The molecule has 0 spiro atoms. The van der Waals surface area contributed by atoms with E-state index in [0.717, 1.165) is 52.4 Å². The van der Waals surface area contributed by atoms with E-state index < -0.39 is 6.04 Å². The van der Waals surface area contributed by atoms with E-state index in [9.17, 15) is 9.59 Å². The molecule has 1 saturated carbocycles. The zero-order valence-corrected chi connectivity index (χ0v) is 21.0. The topological polar surface area (TPSA) is 58.6 Å². The molecule has 2 aromatic carbocycles. The Hall–Kier alpha value is -2.34. The molecule has 0 bridgehead atoms. The Kier molecular flexibility index (Phi) is 8.35. The van der Waals surface area contributed by atoms with Gasteiger partial charge in [0, 0.05) is 17.1 Å². The number of hydrogen-bond donors (Lipinski definition) is 1. The molecule has 0 aliphatic heterocycles. The van der Waals surface area contributed by atoms with Crippen molar-refractivity contribution in [2.75, 3.05) is 6.61 Å². The predicted octanol–water partition coefficient (Wildman–Crippen LogP) is 5.23. The molecule has 1 aliphatic rings. The molecule has 1 fully saturated rings. The van der Waals surface area contributed by atoms with Gasteiger partial charge in [0.05, 0.1) is 0 Å². The van der Waals surface area contributed by atoms with Crippen molar-refractivity contribution in [3.63, 3.8) is 0 Å². The summed E-state index contributed by atoms with van der Waals surface area (Å²) in [5.41, 5.74) is 4.21. The highest BCUT2D eigenvalue weighted by Crippen LogP contribution is 2.26. The molecular formula is C26H33BrN2O3. The first-order valence-corrected chi connectivity index (χ1v) is 12.1. The van der Waals surface area contributed by atoms with Gasteiger partial charge in [0.1, 0.15) is 11.8 Å². The predicted molar refractivity (Wildman–Crippen MR) is 131 cm³/mol. The molecule has 1 N–H and O–H groups in total. The lowest BCUT2D eigenvalue weighted by Gasteiger charge is -2.30. The molecule has 0 saturated heterocycles. The van der Waals surface area contributed by atoms with Gasteiger partial charge in [-0.3, -0.25) is 9.59 Å². The van der Waals surface area contributed by atoms with Crippen molar-refractivity contribution in [3.05, 3.63) is 63.1 Å². The molecule has 0 radical (unpaired) electrons. The minimum absolute atomic E-state index is 0.103. The highest BCUT2D eigenvalue weighted by atomic mass is 79.9. The number of nitrogens with one attached hydrogen (secondary N) is 1. The largest absolute Gasteiger partial charge is 0.484 e. The fraction of sp³-hybridized carbons (Fsp3) is 0.462. The molecule has 0 aromatic heterocycles. The summed E-state index contributed by atoms with van der Waals surface area (Å²) in [6, 6.07) is 11.5. The zero-order chi connectivity index (χ0) is 23.3. The van der Waals surface area contributed by atoms with Gasteiger partial charge < -0.3 is 15.0 Å². The SMILES string of the molecule is Cc1cccc(CN(C(=O)COc2cc(C)c(Br)c(C)c2)C(C)C(=O)NC2CCCC2)c1. The maximum absolute atomic E-state index is 13.2. The Labute approximate surface area is 199 Å². The van der Waals surface area contributed by atoms with Crippen molar-refractivity contribution in [1.29, 1.82) is 0 Å². The first kappa shape index (κ1) is 24.3. The Balaban J connectivity index is 1.74. The number of carbonyl (C=O) groups is 2. The standard InChI is InChI=1S/C26H33BrN2O3/c1-17-8-7-9-21(12-17)15-29(20(4)26(31)28-22-10-5-6-11-22)24(30)16-32-23-13-18(2)25(27)19(3)14-23/h7-9,12-14,20,22H,5-6,10-11,15-16H2,1-4H3,(H,28,31).